The molecule has 0 aromatic rings. The van der Waals surface area contributed by atoms with Crippen molar-refractivity contribution in [2.75, 3.05) is 19.6 Å². The lowest BCUT2D eigenvalue weighted by molar-refractivity contribution is -0.143. The number of carboxylic acid groups (broad SMARTS) is 2. The molecule has 2 fully saturated rings. The summed E-state index contributed by atoms with van der Waals surface area (Å²) in [5, 5.41) is 17.7. The van der Waals surface area contributed by atoms with Gasteiger partial charge in [-0.25, -0.2) is 0 Å². The lowest BCUT2D eigenvalue weighted by Crippen LogP contribution is -2.41. The van der Waals surface area contributed by atoms with E-state index in [2.05, 4.69) is 0 Å². The van der Waals surface area contributed by atoms with Crippen molar-refractivity contribution in [2.45, 2.75) is 56.7 Å². The monoisotopic (exact) mass is 285 g/mol. The summed E-state index contributed by atoms with van der Waals surface area (Å²) in [6.07, 6.45) is 7.71. The first-order valence-electron chi connectivity index (χ1n) is 7.33. The summed E-state index contributed by atoms with van der Waals surface area (Å²) in [4.78, 5) is 23.0. The molecule has 6 heteroatoms. The maximum Gasteiger partial charge on any atom is 0.317 e. The van der Waals surface area contributed by atoms with E-state index in [4.69, 9.17) is 14.9 Å². The van der Waals surface area contributed by atoms with Crippen LogP contribution in [0.25, 0.3) is 0 Å². The van der Waals surface area contributed by atoms with Crippen molar-refractivity contribution in [3.8, 4) is 0 Å². The smallest absolute Gasteiger partial charge is 0.317 e. The van der Waals surface area contributed by atoms with Gasteiger partial charge < -0.3 is 14.9 Å². The Morgan fingerprint density at radius 2 is 1.65 bits per heavy atom. The number of hydrogen-bond donors (Lipinski definition) is 2. The molecule has 1 saturated carbocycles. The van der Waals surface area contributed by atoms with Crippen LogP contribution in [0.1, 0.15) is 44.9 Å². The van der Waals surface area contributed by atoms with Crippen LogP contribution in [-0.2, 0) is 14.3 Å². The van der Waals surface area contributed by atoms with E-state index in [-0.39, 0.29) is 24.8 Å². The molecule has 6 nitrogen and oxygen atoms in total. The van der Waals surface area contributed by atoms with Gasteiger partial charge in [-0.2, -0.15) is 0 Å². The number of aliphatic carboxylic acids is 2. The standard InChI is InChI=1S/C14H23NO5/c16-12(17)9-15(10-13(18)19)8-11-4-7-14(20-11)5-2-1-3-6-14/h11H,1-10H2,(H,16,17)(H,18,19). The van der Waals surface area contributed by atoms with Crippen LogP contribution in [0.2, 0.25) is 0 Å². The molecular weight excluding hydrogens is 262 g/mol. The number of ether oxygens (including phenoxy) is 1. The SMILES string of the molecule is O=C(O)CN(CC(=O)O)CC1CCC2(CCCCC2)O1. The van der Waals surface area contributed by atoms with Gasteiger partial charge in [0.1, 0.15) is 0 Å². The molecule has 0 amide bonds. The number of nitrogens with zero attached hydrogens (tertiary/aromatic N) is 1. The Hall–Kier alpha value is -1.14. The molecule has 2 N–H and O–H groups in total. The molecule has 2 rings (SSSR count). The lowest BCUT2D eigenvalue weighted by Gasteiger charge is -2.34. The van der Waals surface area contributed by atoms with Gasteiger partial charge in [-0.3, -0.25) is 14.5 Å². The zero-order valence-corrected chi connectivity index (χ0v) is 11.7. The fourth-order valence-electron chi connectivity index (χ4n) is 3.44. The molecule has 0 aromatic heterocycles. The van der Waals surface area contributed by atoms with Crippen LogP contribution < -0.4 is 0 Å². The summed E-state index contributed by atoms with van der Waals surface area (Å²) in [5.74, 6) is -2.01. The highest BCUT2D eigenvalue weighted by Gasteiger charge is 2.41. The molecule has 0 radical (unpaired) electrons. The van der Waals surface area contributed by atoms with Crippen molar-refractivity contribution >= 4 is 11.9 Å². The van der Waals surface area contributed by atoms with Crippen LogP contribution >= 0.6 is 0 Å². The van der Waals surface area contributed by atoms with Gasteiger partial charge in [0.2, 0.25) is 0 Å². The fourth-order valence-corrected chi connectivity index (χ4v) is 3.44. The van der Waals surface area contributed by atoms with Gasteiger partial charge in [0.25, 0.3) is 0 Å². The van der Waals surface area contributed by atoms with E-state index in [0.717, 1.165) is 25.7 Å². The number of carbonyl (C=O) groups is 2. The minimum atomic E-state index is -1.00. The van der Waals surface area contributed by atoms with Crippen molar-refractivity contribution in [3.05, 3.63) is 0 Å². The molecule has 1 aliphatic carbocycles. The van der Waals surface area contributed by atoms with Crippen LogP contribution in [0.15, 0.2) is 0 Å². The quantitative estimate of drug-likeness (QED) is 0.766. The van der Waals surface area contributed by atoms with Gasteiger partial charge in [0.15, 0.2) is 0 Å². The first-order valence-corrected chi connectivity index (χ1v) is 7.33. The van der Waals surface area contributed by atoms with Gasteiger partial charge >= 0.3 is 11.9 Å². The predicted octanol–water partition coefficient (Wildman–Crippen LogP) is 1.34. The maximum absolute atomic E-state index is 10.8. The van der Waals surface area contributed by atoms with Crippen molar-refractivity contribution in [2.24, 2.45) is 0 Å². The molecule has 1 spiro atoms. The molecule has 0 bridgehead atoms. The van der Waals surface area contributed by atoms with Crippen LogP contribution in [0.4, 0.5) is 0 Å². The van der Waals surface area contributed by atoms with E-state index >= 15 is 0 Å². The summed E-state index contributed by atoms with van der Waals surface area (Å²) < 4.78 is 6.16. The molecule has 1 atom stereocenters. The Kier molecular flexibility index (Phi) is 4.99. The number of hydrogen-bond acceptors (Lipinski definition) is 4. The van der Waals surface area contributed by atoms with Crippen LogP contribution in [0, 0.1) is 0 Å². The number of rotatable bonds is 6. The minimum Gasteiger partial charge on any atom is -0.480 e. The van der Waals surface area contributed by atoms with E-state index in [0.29, 0.717) is 6.54 Å². The Morgan fingerprint density at radius 1 is 1.05 bits per heavy atom. The van der Waals surface area contributed by atoms with E-state index in [9.17, 15) is 9.59 Å². The molecule has 20 heavy (non-hydrogen) atoms. The highest BCUT2D eigenvalue weighted by Crippen LogP contribution is 2.41. The Morgan fingerprint density at radius 3 is 2.20 bits per heavy atom. The highest BCUT2D eigenvalue weighted by molar-refractivity contribution is 5.72. The third-order valence-electron chi connectivity index (χ3n) is 4.28. The first kappa shape index (κ1) is 15.3. The van der Waals surface area contributed by atoms with Crippen LogP contribution in [0.5, 0.6) is 0 Å². The molecule has 1 heterocycles. The largest absolute Gasteiger partial charge is 0.480 e. The minimum absolute atomic E-state index is 0.0129. The average molecular weight is 285 g/mol. The lowest BCUT2D eigenvalue weighted by atomic mass is 9.83. The second kappa shape index (κ2) is 6.54. The molecule has 114 valence electrons. The van der Waals surface area contributed by atoms with Gasteiger partial charge in [-0.15, -0.1) is 0 Å². The summed E-state index contributed by atoms with van der Waals surface area (Å²) >= 11 is 0. The topological polar surface area (TPSA) is 87.1 Å². The molecule has 2 aliphatic rings. The van der Waals surface area contributed by atoms with Crippen LogP contribution in [0.3, 0.4) is 0 Å². The zero-order valence-electron chi connectivity index (χ0n) is 11.7. The van der Waals surface area contributed by atoms with Crippen molar-refractivity contribution in [1.82, 2.24) is 4.90 Å². The van der Waals surface area contributed by atoms with E-state index in [1.807, 2.05) is 0 Å². The van der Waals surface area contributed by atoms with Crippen LogP contribution in [-0.4, -0.2) is 58.4 Å². The third kappa shape index (κ3) is 4.18. The summed E-state index contributed by atoms with van der Waals surface area (Å²) in [6, 6.07) is 0. The summed E-state index contributed by atoms with van der Waals surface area (Å²) in [6.45, 7) is -0.112. The second-order valence-electron chi connectivity index (χ2n) is 5.98. The van der Waals surface area contributed by atoms with Crippen molar-refractivity contribution in [1.29, 1.82) is 0 Å². The predicted molar refractivity (Wildman–Crippen MR) is 71.6 cm³/mol. The fraction of sp³-hybridized carbons (Fsp3) is 0.857. The van der Waals surface area contributed by atoms with E-state index in [1.54, 1.807) is 0 Å². The Labute approximate surface area is 118 Å². The summed E-state index contributed by atoms with van der Waals surface area (Å²) in [7, 11) is 0. The van der Waals surface area contributed by atoms with E-state index in [1.165, 1.54) is 24.2 Å². The van der Waals surface area contributed by atoms with Crippen molar-refractivity contribution in [3.63, 3.8) is 0 Å². The molecule has 0 aromatic carbocycles. The molecular formula is C14H23NO5. The van der Waals surface area contributed by atoms with Gasteiger partial charge in [-0.1, -0.05) is 19.3 Å². The average Bonchev–Trinajstić information content (AvgIpc) is 2.71. The maximum atomic E-state index is 10.8. The van der Waals surface area contributed by atoms with Crippen molar-refractivity contribution < 1.29 is 24.5 Å². The normalized spacial score (nSPS) is 25.1. The Bertz CT molecular complexity index is 349. The highest BCUT2D eigenvalue weighted by atomic mass is 16.5. The molecule has 1 aliphatic heterocycles. The first-order chi connectivity index (χ1) is 9.49. The Balaban J connectivity index is 1.87. The van der Waals surface area contributed by atoms with Gasteiger partial charge in [0.05, 0.1) is 24.8 Å². The summed E-state index contributed by atoms with van der Waals surface area (Å²) in [5.41, 5.74) is -0.0129. The molecule has 1 unspecified atom stereocenters. The van der Waals surface area contributed by atoms with Gasteiger partial charge in [-0.05, 0) is 25.7 Å². The third-order valence-corrected chi connectivity index (χ3v) is 4.28. The van der Waals surface area contributed by atoms with E-state index < -0.39 is 11.9 Å². The zero-order chi connectivity index (χ0) is 14.6. The second-order valence-corrected chi connectivity index (χ2v) is 5.98. The van der Waals surface area contributed by atoms with Gasteiger partial charge in [0, 0.05) is 6.54 Å². The molecule has 1 saturated heterocycles. The number of carboxylic acids is 2.